The molecule has 17 heavy (non-hydrogen) atoms. The Bertz CT molecular complexity index is 218. The summed E-state index contributed by atoms with van der Waals surface area (Å²) in [6.45, 7) is 7.82. The molecule has 1 aliphatic heterocycles. The van der Waals surface area contributed by atoms with E-state index in [0.29, 0.717) is 0 Å². The van der Waals surface area contributed by atoms with Crippen molar-refractivity contribution in [2.45, 2.75) is 51.0 Å². The topological polar surface area (TPSA) is 41.3 Å². The first kappa shape index (κ1) is 13.3. The fraction of sp³-hybridized carbons (Fsp3) is 1.00. The summed E-state index contributed by atoms with van der Waals surface area (Å²) in [7, 11) is 0. The molecule has 3 heteroatoms. The third kappa shape index (κ3) is 3.94. The van der Waals surface area contributed by atoms with Crippen molar-refractivity contribution in [1.82, 2.24) is 10.2 Å². The van der Waals surface area contributed by atoms with Gasteiger partial charge in [0.05, 0.1) is 0 Å². The molecule has 0 bridgehead atoms. The van der Waals surface area contributed by atoms with Crippen LogP contribution >= 0.6 is 0 Å². The Hall–Kier alpha value is -0.120. The maximum absolute atomic E-state index is 6.00. The highest BCUT2D eigenvalue weighted by atomic mass is 15.2. The molecule has 100 valence electrons. The number of nitrogens with two attached hydrogens (primary N) is 1. The van der Waals surface area contributed by atoms with Gasteiger partial charge in [-0.15, -0.1) is 0 Å². The van der Waals surface area contributed by atoms with E-state index in [0.717, 1.165) is 12.5 Å². The summed E-state index contributed by atoms with van der Waals surface area (Å²) in [5, 5.41) is 3.76. The Morgan fingerprint density at radius 2 is 2.00 bits per heavy atom. The largest absolute Gasteiger partial charge is 0.329 e. The van der Waals surface area contributed by atoms with E-state index in [1.54, 1.807) is 0 Å². The minimum atomic E-state index is 0.245. The molecule has 0 radical (unpaired) electrons. The predicted molar refractivity (Wildman–Crippen MR) is 73.1 cm³/mol. The maximum Gasteiger partial charge on any atom is 0.0328 e. The van der Waals surface area contributed by atoms with Gasteiger partial charge in [-0.25, -0.2) is 0 Å². The van der Waals surface area contributed by atoms with Crippen molar-refractivity contribution in [2.75, 3.05) is 32.7 Å². The van der Waals surface area contributed by atoms with Crippen molar-refractivity contribution in [1.29, 1.82) is 0 Å². The first-order valence-electron chi connectivity index (χ1n) is 7.45. The highest BCUT2D eigenvalue weighted by Gasteiger charge is 2.32. The van der Waals surface area contributed by atoms with Crippen molar-refractivity contribution < 1.29 is 0 Å². The van der Waals surface area contributed by atoms with Gasteiger partial charge in [-0.05, 0) is 57.8 Å². The lowest BCUT2D eigenvalue weighted by atomic mass is 9.87. The number of nitrogens with one attached hydrogen (secondary N) is 1. The smallest absolute Gasteiger partial charge is 0.0328 e. The van der Waals surface area contributed by atoms with Crippen molar-refractivity contribution in [3.8, 4) is 0 Å². The lowest BCUT2D eigenvalue weighted by Crippen LogP contribution is -2.57. The SMILES string of the molecule is CCN1CCC(CN)(NCCCC2CC2)CC1. The number of rotatable bonds is 7. The minimum Gasteiger partial charge on any atom is -0.329 e. The first-order chi connectivity index (χ1) is 8.28. The lowest BCUT2D eigenvalue weighted by molar-refractivity contribution is 0.144. The monoisotopic (exact) mass is 239 g/mol. The number of hydrogen-bond acceptors (Lipinski definition) is 3. The van der Waals surface area contributed by atoms with Crippen LogP contribution in [-0.2, 0) is 0 Å². The van der Waals surface area contributed by atoms with E-state index in [9.17, 15) is 0 Å². The lowest BCUT2D eigenvalue weighted by Gasteiger charge is -2.41. The van der Waals surface area contributed by atoms with Gasteiger partial charge in [-0.2, -0.15) is 0 Å². The van der Waals surface area contributed by atoms with Crippen LogP contribution in [0.3, 0.4) is 0 Å². The molecule has 1 saturated carbocycles. The molecule has 0 aromatic carbocycles. The van der Waals surface area contributed by atoms with Crippen LogP contribution in [0.15, 0.2) is 0 Å². The molecule has 3 nitrogen and oxygen atoms in total. The van der Waals surface area contributed by atoms with Crippen molar-refractivity contribution in [3.63, 3.8) is 0 Å². The summed E-state index contributed by atoms with van der Waals surface area (Å²) in [5.41, 5.74) is 6.24. The summed E-state index contributed by atoms with van der Waals surface area (Å²) >= 11 is 0. The second-order valence-corrected chi connectivity index (χ2v) is 5.93. The Morgan fingerprint density at radius 3 is 2.53 bits per heavy atom. The Balaban J connectivity index is 1.67. The van der Waals surface area contributed by atoms with Gasteiger partial charge in [-0.3, -0.25) is 0 Å². The van der Waals surface area contributed by atoms with Crippen molar-refractivity contribution >= 4 is 0 Å². The molecule has 1 saturated heterocycles. The summed E-state index contributed by atoms with van der Waals surface area (Å²) in [6, 6.07) is 0. The van der Waals surface area contributed by atoms with Crippen molar-refractivity contribution in [3.05, 3.63) is 0 Å². The molecular weight excluding hydrogens is 210 g/mol. The zero-order valence-electron chi connectivity index (χ0n) is 11.4. The van der Waals surface area contributed by atoms with E-state index < -0.39 is 0 Å². The van der Waals surface area contributed by atoms with Crippen LogP contribution in [-0.4, -0.2) is 43.2 Å². The van der Waals surface area contributed by atoms with Gasteiger partial charge in [0.1, 0.15) is 0 Å². The molecule has 1 heterocycles. The van der Waals surface area contributed by atoms with E-state index in [1.807, 2.05) is 0 Å². The second-order valence-electron chi connectivity index (χ2n) is 5.93. The number of hydrogen-bond donors (Lipinski definition) is 2. The minimum absolute atomic E-state index is 0.245. The molecule has 2 rings (SSSR count). The molecule has 0 spiro atoms. The zero-order chi connectivity index (χ0) is 12.1. The van der Waals surface area contributed by atoms with E-state index in [4.69, 9.17) is 5.73 Å². The van der Waals surface area contributed by atoms with Gasteiger partial charge in [-0.1, -0.05) is 19.8 Å². The van der Waals surface area contributed by atoms with Crippen LogP contribution in [0.4, 0.5) is 0 Å². The average Bonchev–Trinajstić information content (AvgIpc) is 3.19. The van der Waals surface area contributed by atoms with Crippen LogP contribution in [0.25, 0.3) is 0 Å². The van der Waals surface area contributed by atoms with E-state index in [2.05, 4.69) is 17.1 Å². The first-order valence-corrected chi connectivity index (χ1v) is 7.45. The molecule has 0 aromatic heterocycles. The van der Waals surface area contributed by atoms with Crippen molar-refractivity contribution in [2.24, 2.45) is 11.7 Å². The van der Waals surface area contributed by atoms with Crippen LogP contribution in [0.1, 0.15) is 45.4 Å². The van der Waals surface area contributed by atoms with E-state index in [1.165, 1.54) is 64.7 Å². The fourth-order valence-electron chi connectivity index (χ4n) is 2.90. The normalized spacial score (nSPS) is 25.1. The molecule has 0 amide bonds. The summed E-state index contributed by atoms with van der Waals surface area (Å²) < 4.78 is 0. The molecular formula is C14H29N3. The standard InChI is InChI=1S/C14H29N3/c1-2-17-10-7-14(12-15,8-11-17)16-9-3-4-13-5-6-13/h13,16H,2-12,15H2,1H3. The molecule has 0 atom stereocenters. The zero-order valence-corrected chi connectivity index (χ0v) is 11.4. The summed E-state index contributed by atoms with van der Waals surface area (Å²) in [6.07, 6.45) is 8.17. The van der Waals surface area contributed by atoms with E-state index in [-0.39, 0.29) is 5.54 Å². The third-order valence-electron chi connectivity index (χ3n) is 4.64. The molecule has 0 unspecified atom stereocenters. The molecule has 2 fully saturated rings. The van der Waals surface area contributed by atoms with Gasteiger partial charge >= 0.3 is 0 Å². The maximum atomic E-state index is 6.00. The Labute approximate surface area is 106 Å². The van der Waals surface area contributed by atoms with Crippen LogP contribution < -0.4 is 11.1 Å². The molecule has 2 aliphatic rings. The Morgan fingerprint density at radius 1 is 1.29 bits per heavy atom. The third-order valence-corrected chi connectivity index (χ3v) is 4.64. The highest BCUT2D eigenvalue weighted by Crippen LogP contribution is 2.33. The number of nitrogens with zero attached hydrogens (tertiary/aromatic N) is 1. The average molecular weight is 239 g/mol. The van der Waals surface area contributed by atoms with E-state index >= 15 is 0 Å². The quantitative estimate of drug-likeness (QED) is 0.663. The summed E-state index contributed by atoms with van der Waals surface area (Å²) in [4.78, 5) is 2.53. The van der Waals surface area contributed by atoms with Gasteiger partial charge in [0.15, 0.2) is 0 Å². The highest BCUT2D eigenvalue weighted by molar-refractivity contribution is 4.94. The van der Waals surface area contributed by atoms with Crippen LogP contribution in [0.5, 0.6) is 0 Å². The predicted octanol–water partition coefficient (Wildman–Crippen LogP) is 1.58. The number of piperidine rings is 1. The van der Waals surface area contributed by atoms with Gasteiger partial charge in [0, 0.05) is 12.1 Å². The fourth-order valence-corrected chi connectivity index (χ4v) is 2.90. The number of likely N-dealkylation sites (tertiary alicyclic amines) is 1. The van der Waals surface area contributed by atoms with Crippen LogP contribution in [0.2, 0.25) is 0 Å². The van der Waals surface area contributed by atoms with Crippen LogP contribution in [0, 0.1) is 5.92 Å². The van der Waals surface area contributed by atoms with Gasteiger partial charge in [0.2, 0.25) is 0 Å². The Kier molecular flexibility index (Phi) is 4.83. The summed E-state index contributed by atoms with van der Waals surface area (Å²) in [5.74, 6) is 1.06. The molecule has 1 aliphatic carbocycles. The molecule has 3 N–H and O–H groups in total. The molecule has 0 aromatic rings. The van der Waals surface area contributed by atoms with Gasteiger partial charge in [0.25, 0.3) is 0 Å². The second kappa shape index (κ2) is 6.17. The van der Waals surface area contributed by atoms with Gasteiger partial charge < -0.3 is 16.0 Å².